The van der Waals surface area contributed by atoms with E-state index in [-0.39, 0.29) is 16.8 Å². The fourth-order valence-electron chi connectivity index (χ4n) is 2.67. The number of nitrogens with one attached hydrogen (secondary N) is 1. The van der Waals surface area contributed by atoms with E-state index >= 15 is 0 Å². The lowest BCUT2D eigenvalue weighted by Gasteiger charge is -2.12. The molecule has 0 unspecified atom stereocenters. The first kappa shape index (κ1) is 22.2. The second-order valence-corrected chi connectivity index (χ2v) is 8.30. The average molecular weight is 417 g/mol. The van der Waals surface area contributed by atoms with Crippen LogP contribution in [0.1, 0.15) is 11.1 Å². The maximum absolute atomic E-state index is 11.4. The monoisotopic (exact) mass is 417 g/mol. The summed E-state index contributed by atoms with van der Waals surface area (Å²) >= 11 is 0. The van der Waals surface area contributed by atoms with Crippen molar-refractivity contribution < 1.29 is 8.42 Å². The van der Waals surface area contributed by atoms with Crippen LogP contribution in [0.15, 0.2) is 59.8 Å². The average Bonchev–Trinajstić information content (AvgIpc) is 2.70. The van der Waals surface area contributed by atoms with Gasteiger partial charge in [0.05, 0.1) is 30.5 Å². The molecule has 2 aromatic carbocycles. The highest BCUT2D eigenvalue weighted by Gasteiger charge is 2.15. The van der Waals surface area contributed by atoms with E-state index in [0.29, 0.717) is 11.3 Å². The summed E-state index contributed by atoms with van der Waals surface area (Å²) in [6.07, 6.45) is 2.65. The van der Waals surface area contributed by atoms with Crippen LogP contribution in [0.4, 0.5) is 11.4 Å². The summed E-state index contributed by atoms with van der Waals surface area (Å²) < 4.78 is 25.1. The molecule has 0 aliphatic heterocycles. The number of anilines is 2. The molecule has 0 heterocycles. The summed E-state index contributed by atoms with van der Waals surface area (Å²) in [4.78, 5) is 5.22. The third-order valence-electron chi connectivity index (χ3n) is 4.04. The minimum Gasteiger partial charge on any atom is -0.378 e. The molecule has 0 aromatic heterocycles. The zero-order chi connectivity index (χ0) is 22.3. The van der Waals surface area contributed by atoms with E-state index in [1.807, 2.05) is 49.3 Å². The molecule has 0 bridgehead atoms. The van der Waals surface area contributed by atoms with E-state index in [1.54, 1.807) is 18.2 Å². The molecule has 0 radical (unpaired) electrons. The number of sulfonamides is 1. The van der Waals surface area contributed by atoms with E-state index in [4.69, 9.17) is 6.57 Å². The van der Waals surface area contributed by atoms with Crippen molar-refractivity contribution in [2.45, 2.75) is 0 Å². The van der Waals surface area contributed by atoms with Crippen LogP contribution in [0.5, 0.6) is 0 Å². The molecule has 0 atom stereocenters. The Hall–Kier alpha value is -4.06. The zero-order valence-electron chi connectivity index (χ0n) is 16.7. The highest BCUT2D eigenvalue weighted by Crippen LogP contribution is 2.30. The van der Waals surface area contributed by atoms with Gasteiger partial charge in [-0.2, -0.15) is 5.26 Å². The molecule has 0 saturated carbocycles. The maximum atomic E-state index is 11.4. The van der Waals surface area contributed by atoms with Crippen molar-refractivity contribution in [3.63, 3.8) is 0 Å². The summed E-state index contributed by atoms with van der Waals surface area (Å²) in [6.45, 7) is 7.33. The summed E-state index contributed by atoms with van der Waals surface area (Å²) in [5, 5.41) is 19.2. The van der Waals surface area contributed by atoms with Crippen LogP contribution in [0, 0.1) is 29.2 Å². The van der Waals surface area contributed by atoms with Crippen molar-refractivity contribution in [3.05, 3.63) is 82.3 Å². The first-order chi connectivity index (χ1) is 14.2. The summed E-state index contributed by atoms with van der Waals surface area (Å²) in [5.41, 5.74) is 2.66. The highest BCUT2D eigenvalue weighted by molar-refractivity contribution is 7.92. The van der Waals surface area contributed by atoms with Crippen LogP contribution >= 0.6 is 0 Å². The first-order valence-corrected chi connectivity index (χ1v) is 10.6. The van der Waals surface area contributed by atoms with E-state index in [0.717, 1.165) is 17.5 Å². The Bertz CT molecular complexity index is 1200. The van der Waals surface area contributed by atoms with Crippen molar-refractivity contribution >= 4 is 33.0 Å². The van der Waals surface area contributed by atoms with Gasteiger partial charge in [-0.15, -0.1) is 0 Å². The largest absolute Gasteiger partial charge is 0.378 e. The smallest absolute Gasteiger partial charge is 0.270 e. The van der Waals surface area contributed by atoms with Gasteiger partial charge in [0.1, 0.15) is 0 Å². The van der Waals surface area contributed by atoms with Crippen LogP contribution in [0.2, 0.25) is 0 Å². The Morgan fingerprint density at radius 3 is 2.10 bits per heavy atom. The van der Waals surface area contributed by atoms with Crippen LogP contribution < -0.4 is 9.62 Å². The lowest BCUT2D eigenvalue weighted by Crippen LogP contribution is -2.09. The number of allylic oxidation sites excluding steroid dienone is 3. The van der Waals surface area contributed by atoms with Gasteiger partial charge in [0.15, 0.2) is 0 Å². The van der Waals surface area contributed by atoms with Crippen molar-refractivity contribution in [1.29, 1.82) is 10.5 Å². The maximum Gasteiger partial charge on any atom is 0.270 e. The van der Waals surface area contributed by atoms with Crippen LogP contribution in [0.3, 0.4) is 0 Å². The van der Waals surface area contributed by atoms with E-state index in [1.165, 1.54) is 12.1 Å². The van der Waals surface area contributed by atoms with Crippen molar-refractivity contribution in [2.75, 3.05) is 30.0 Å². The lowest BCUT2D eigenvalue weighted by molar-refractivity contribution is 0.607. The fourth-order valence-corrected chi connectivity index (χ4v) is 3.24. The van der Waals surface area contributed by atoms with Crippen LogP contribution in [-0.4, -0.2) is 28.8 Å². The number of nitriles is 2. The zero-order valence-corrected chi connectivity index (χ0v) is 17.5. The second-order valence-electron chi connectivity index (χ2n) is 6.55. The molecular formula is C22H19N5O2S. The highest BCUT2D eigenvalue weighted by atomic mass is 32.2. The van der Waals surface area contributed by atoms with Gasteiger partial charge in [0, 0.05) is 31.0 Å². The van der Waals surface area contributed by atoms with Gasteiger partial charge in [-0.3, -0.25) is 4.72 Å². The van der Waals surface area contributed by atoms with Gasteiger partial charge in [-0.25, -0.2) is 18.5 Å². The standard InChI is InChI=1S/C22H19N5O2S/c1-25-21(15-24)22(17-7-9-19(10-8-17)26-30(4,28)29)18(14-23)13-16-5-11-20(12-6-16)27(2)3/h5-13,26H,2-4H3. The normalized spacial score (nSPS) is 12.1. The lowest BCUT2D eigenvalue weighted by atomic mass is 9.95. The molecule has 1 N–H and O–H groups in total. The molecule has 0 fully saturated rings. The third kappa shape index (κ3) is 5.72. The molecule has 7 nitrogen and oxygen atoms in total. The van der Waals surface area contributed by atoms with Gasteiger partial charge in [0.2, 0.25) is 10.0 Å². The molecular weight excluding hydrogens is 398 g/mol. The molecule has 0 aliphatic carbocycles. The molecule has 0 saturated heterocycles. The van der Waals surface area contributed by atoms with Gasteiger partial charge >= 0.3 is 0 Å². The molecule has 2 aromatic rings. The van der Waals surface area contributed by atoms with E-state index in [9.17, 15) is 18.9 Å². The Morgan fingerprint density at radius 1 is 1.07 bits per heavy atom. The van der Waals surface area contributed by atoms with E-state index in [2.05, 4.69) is 15.6 Å². The molecule has 8 heteroatoms. The van der Waals surface area contributed by atoms with Crippen LogP contribution in [0.25, 0.3) is 16.5 Å². The number of benzene rings is 2. The number of hydrogen-bond acceptors (Lipinski definition) is 5. The van der Waals surface area contributed by atoms with Gasteiger partial charge < -0.3 is 4.90 Å². The minimum absolute atomic E-state index is 0.156. The predicted octanol–water partition coefficient (Wildman–Crippen LogP) is 3.89. The fraction of sp³-hybridized carbons (Fsp3) is 0.136. The predicted molar refractivity (Wildman–Crippen MR) is 118 cm³/mol. The Balaban J connectivity index is 2.56. The number of nitrogens with zero attached hydrogens (tertiary/aromatic N) is 4. The van der Waals surface area contributed by atoms with Gasteiger partial charge in [-0.05, 0) is 41.5 Å². The molecule has 0 aliphatic rings. The summed E-state index contributed by atoms with van der Waals surface area (Å²) in [5.74, 6) is 0. The molecule has 30 heavy (non-hydrogen) atoms. The molecule has 0 amide bonds. The SMILES string of the molecule is [C-]#[N+]C(C#N)=C(C(C#N)=Cc1ccc(N(C)C)cc1)c1ccc(NS(C)(=O)=O)cc1. The summed E-state index contributed by atoms with van der Waals surface area (Å²) in [6, 6.07) is 17.5. The Kier molecular flexibility index (Phi) is 6.99. The van der Waals surface area contributed by atoms with Gasteiger partial charge in [-0.1, -0.05) is 24.3 Å². The molecule has 150 valence electrons. The van der Waals surface area contributed by atoms with Crippen molar-refractivity contribution in [2.24, 2.45) is 0 Å². The Labute approximate surface area is 176 Å². The number of hydrogen-bond donors (Lipinski definition) is 1. The third-order valence-corrected chi connectivity index (χ3v) is 4.65. The van der Waals surface area contributed by atoms with Crippen LogP contribution in [-0.2, 0) is 10.0 Å². The molecule has 2 rings (SSSR count). The first-order valence-electron chi connectivity index (χ1n) is 8.68. The van der Waals surface area contributed by atoms with Crippen molar-refractivity contribution in [3.8, 4) is 12.1 Å². The Morgan fingerprint density at radius 2 is 1.67 bits per heavy atom. The number of rotatable bonds is 6. The van der Waals surface area contributed by atoms with E-state index < -0.39 is 10.0 Å². The minimum atomic E-state index is -3.44. The summed E-state index contributed by atoms with van der Waals surface area (Å²) in [7, 11) is 0.403. The topological polar surface area (TPSA) is 101 Å². The van der Waals surface area contributed by atoms with Crippen molar-refractivity contribution in [1.82, 2.24) is 0 Å². The van der Waals surface area contributed by atoms with Gasteiger partial charge in [0.25, 0.3) is 5.70 Å². The quantitative estimate of drug-likeness (QED) is 0.437. The molecule has 0 spiro atoms. The second kappa shape index (κ2) is 9.43.